The maximum Gasteiger partial charge on any atom is 0.315 e. The van der Waals surface area contributed by atoms with Gasteiger partial charge in [-0.05, 0) is 32.2 Å². The summed E-state index contributed by atoms with van der Waals surface area (Å²) in [7, 11) is 0. The summed E-state index contributed by atoms with van der Waals surface area (Å²) in [6, 6.07) is 0.482. The summed E-state index contributed by atoms with van der Waals surface area (Å²) in [5, 5.41) is 9.35. The summed E-state index contributed by atoms with van der Waals surface area (Å²) < 4.78 is 10.8. The molecule has 156 valence electrons. The van der Waals surface area contributed by atoms with E-state index in [9.17, 15) is 9.59 Å². The van der Waals surface area contributed by atoms with Gasteiger partial charge in [-0.25, -0.2) is 4.79 Å². The highest BCUT2D eigenvalue weighted by Gasteiger charge is 2.42. The lowest BCUT2D eigenvalue weighted by atomic mass is 10.0. The fourth-order valence-corrected chi connectivity index (χ4v) is 4.82. The molecule has 3 amide bonds. The summed E-state index contributed by atoms with van der Waals surface area (Å²) in [6.07, 6.45) is 5.19. The van der Waals surface area contributed by atoms with Gasteiger partial charge in [-0.1, -0.05) is 6.42 Å². The molecule has 0 saturated carbocycles. The van der Waals surface area contributed by atoms with Crippen LogP contribution in [0.3, 0.4) is 0 Å². The number of unbranched alkanes of at least 4 members (excludes halogenated alkanes) is 1. The molecule has 2 aliphatic rings. The zero-order valence-corrected chi connectivity index (χ0v) is 16.9. The van der Waals surface area contributed by atoms with Crippen molar-refractivity contribution >= 4 is 23.7 Å². The number of thioether (sulfide) groups is 1. The molecule has 0 aromatic heterocycles. The molecule has 0 aromatic carbocycles. The Balaban J connectivity index is 1.36. The number of hydrogen-bond donors (Lipinski definition) is 4. The lowest BCUT2D eigenvalue weighted by Gasteiger charge is -2.16. The molecular weight excluding hydrogens is 368 g/mol. The van der Waals surface area contributed by atoms with E-state index in [-0.39, 0.29) is 24.0 Å². The molecule has 2 saturated heterocycles. The van der Waals surface area contributed by atoms with Crippen LogP contribution in [0.4, 0.5) is 4.79 Å². The number of ether oxygens (including phenoxy) is 2. The summed E-state index contributed by atoms with van der Waals surface area (Å²) in [5.74, 6) is 1.09. The van der Waals surface area contributed by atoms with Gasteiger partial charge < -0.3 is 31.2 Å². The third-order valence-corrected chi connectivity index (χ3v) is 6.24. The topological polar surface area (TPSA) is 115 Å². The van der Waals surface area contributed by atoms with Crippen molar-refractivity contribution in [3.05, 3.63) is 0 Å². The van der Waals surface area contributed by atoms with Crippen molar-refractivity contribution in [2.45, 2.75) is 55.9 Å². The Morgan fingerprint density at radius 2 is 1.89 bits per heavy atom. The first-order valence-corrected chi connectivity index (χ1v) is 11.1. The molecule has 0 bridgehead atoms. The zero-order valence-electron chi connectivity index (χ0n) is 16.0. The predicted molar refractivity (Wildman–Crippen MR) is 107 cm³/mol. The Kier molecular flexibility index (Phi) is 10.9. The minimum atomic E-state index is -0.0437. The van der Waals surface area contributed by atoms with Crippen molar-refractivity contribution in [1.29, 1.82) is 0 Å². The van der Waals surface area contributed by atoms with Gasteiger partial charge in [0.15, 0.2) is 0 Å². The van der Waals surface area contributed by atoms with E-state index in [1.807, 2.05) is 11.8 Å². The van der Waals surface area contributed by atoms with Gasteiger partial charge in [0.2, 0.25) is 5.91 Å². The number of fused-ring (bicyclic) bond motifs is 1. The molecule has 8 nitrogen and oxygen atoms in total. The SMILES string of the molecule is NCCCOCCOCCCNC(=O)CCCC[C@@H]1SC[C@@H]2NC(=O)N[C@@H]21. The van der Waals surface area contributed by atoms with Gasteiger partial charge in [0.1, 0.15) is 0 Å². The first-order valence-electron chi connectivity index (χ1n) is 10.0. The Morgan fingerprint density at radius 3 is 2.67 bits per heavy atom. The van der Waals surface area contributed by atoms with Crippen molar-refractivity contribution in [2.24, 2.45) is 5.73 Å². The van der Waals surface area contributed by atoms with Gasteiger partial charge in [-0.2, -0.15) is 11.8 Å². The van der Waals surface area contributed by atoms with E-state index in [0.717, 1.165) is 37.9 Å². The summed E-state index contributed by atoms with van der Waals surface area (Å²) in [5.41, 5.74) is 5.38. The second-order valence-electron chi connectivity index (χ2n) is 6.94. The molecule has 27 heavy (non-hydrogen) atoms. The number of amides is 3. The van der Waals surface area contributed by atoms with Gasteiger partial charge in [-0.3, -0.25) is 4.79 Å². The summed E-state index contributed by atoms with van der Waals surface area (Å²) >= 11 is 1.92. The average Bonchev–Trinajstić information content (AvgIpc) is 3.20. The second-order valence-corrected chi connectivity index (χ2v) is 8.21. The minimum Gasteiger partial charge on any atom is -0.379 e. The highest BCUT2D eigenvalue weighted by Crippen LogP contribution is 2.33. The Hall–Kier alpha value is -1.03. The number of rotatable bonds is 15. The van der Waals surface area contributed by atoms with Crippen LogP contribution in [0.5, 0.6) is 0 Å². The largest absolute Gasteiger partial charge is 0.379 e. The molecule has 5 N–H and O–H groups in total. The normalized spacial score (nSPS) is 23.7. The standard InChI is InChI=1S/C18H34N4O4S/c19-7-3-9-25-11-12-26-10-4-8-20-16(23)6-2-1-5-15-17-14(13-27-15)21-18(24)22-17/h14-15,17H,1-13,19H2,(H,20,23)(H2,21,22,24)/t14-,15-,17-/m0/s1. The zero-order chi connectivity index (χ0) is 19.3. The van der Waals surface area contributed by atoms with Gasteiger partial charge in [-0.15, -0.1) is 0 Å². The first kappa shape index (κ1) is 22.3. The van der Waals surface area contributed by atoms with Gasteiger partial charge in [0, 0.05) is 37.2 Å². The fourth-order valence-electron chi connectivity index (χ4n) is 3.27. The molecule has 2 rings (SSSR count). The van der Waals surface area contributed by atoms with Crippen LogP contribution in [0.1, 0.15) is 38.5 Å². The molecule has 0 radical (unpaired) electrons. The van der Waals surface area contributed by atoms with Crippen LogP contribution >= 0.6 is 11.8 Å². The molecule has 2 heterocycles. The van der Waals surface area contributed by atoms with E-state index in [2.05, 4.69) is 16.0 Å². The molecule has 3 atom stereocenters. The van der Waals surface area contributed by atoms with Crippen LogP contribution in [-0.4, -0.2) is 74.5 Å². The van der Waals surface area contributed by atoms with Crippen LogP contribution in [0.25, 0.3) is 0 Å². The van der Waals surface area contributed by atoms with E-state index >= 15 is 0 Å². The van der Waals surface area contributed by atoms with Gasteiger partial charge in [0.25, 0.3) is 0 Å². The maximum atomic E-state index is 11.8. The number of hydrogen-bond acceptors (Lipinski definition) is 6. The molecule has 2 fully saturated rings. The van der Waals surface area contributed by atoms with Crippen LogP contribution in [0, 0.1) is 0 Å². The third kappa shape index (κ3) is 8.68. The van der Waals surface area contributed by atoms with Crippen molar-refractivity contribution < 1.29 is 19.1 Å². The van der Waals surface area contributed by atoms with Crippen LogP contribution in [-0.2, 0) is 14.3 Å². The highest BCUT2D eigenvalue weighted by atomic mass is 32.2. The monoisotopic (exact) mass is 402 g/mol. The minimum absolute atomic E-state index is 0.0437. The van der Waals surface area contributed by atoms with Crippen LogP contribution < -0.4 is 21.7 Å². The lowest BCUT2D eigenvalue weighted by molar-refractivity contribution is -0.121. The summed E-state index contributed by atoms with van der Waals surface area (Å²) in [4.78, 5) is 23.2. The van der Waals surface area contributed by atoms with Crippen molar-refractivity contribution in [3.8, 4) is 0 Å². The third-order valence-electron chi connectivity index (χ3n) is 4.73. The van der Waals surface area contributed by atoms with E-state index in [0.29, 0.717) is 51.2 Å². The Morgan fingerprint density at radius 1 is 1.11 bits per heavy atom. The van der Waals surface area contributed by atoms with Gasteiger partial charge >= 0.3 is 6.03 Å². The number of nitrogens with two attached hydrogens (primary N) is 1. The molecule has 9 heteroatoms. The Bertz CT molecular complexity index is 455. The van der Waals surface area contributed by atoms with E-state index < -0.39 is 0 Å². The Labute approximate surface area is 166 Å². The lowest BCUT2D eigenvalue weighted by Crippen LogP contribution is -2.36. The predicted octanol–water partition coefficient (Wildman–Crippen LogP) is 0.601. The number of carbonyl (C=O) groups is 2. The van der Waals surface area contributed by atoms with E-state index in [1.54, 1.807) is 0 Å². The van der Waals surface area contributed by atoms with E-state index in [1.165, 1.54) is 0 Å². The fraction of sp³-hybridized carbons (Fsp3) is 0.889. The molecule has 0 aliphatic carbocycles. The van der Waals surface area contributed by atoms with Crippen molar-refractivity contribution in [2.75, 3.05) is 45.3 Å². The van der Waals surface area contributed by atoms with Crippen molar-refractivity contribution in [1.82, 2.24) is 16.0 Å². The van der Waals surface area contributed by atoms with Crippen LogP contribution in [0.2, 0.25) is 0 Å². The smallest absolute Gasteiger partial charge is 0.315 e. The van der Waals surface area contributed by atoms with Crippen LogP contribution in [0.15, 0.2) is 0 Å². The molecule has 0 unspecified atom stereocenters. The van der Waals surface area contributed by atoms with E-state index in [4.69, 9.17) is 15.2 Å². The first-order chi connectivity index (χ1) is 13.2. The molecule has 0 spiro atoms. The highest BCUT2D eigenvalue weighted by molar-refractivity contribution is 8.00. The maximum absolute atomic E-state index is 11.8. The quantitative estimate of drug-likeness (QED) is 0.236. The molecular formula is C18H34N4O4S. The molecule has 0 aromatic rings. The number of nitrogens with one attached hydrogen (secondary N) is 3. The average molecular weight is 403 g/mol. The number of urea groups is 1. The molecule has 2 aliphatic heterocycles. The number of carbonyl (C=O) groups excluding carboxylic acids is 2. The second kappa shape index (κ2) is 13.2. The summed E-state index contributed by atoms with van der Waals surface area (Å²) in [6.45, 7) is 3.77. The van der Waals surface area contributed by atoms with Crippen molar-refractivity contribution in [3.63, 3.8) is 0 Å². The van der Waals surface area contributed by atoms with Gasteiger partial charge in [0.05, 0.1) is 25.3 Å².